The van der Waals surface area contributed by atoms with Crippen molar-refractivity contribution in [2.45, 2.75) is 353 Å². The summed E-state index contributed by atoms with van der Waals surface area (Å²) in [7, 11) is 9.61. The molecule has 7 N–H and O–H groups in total. The van der Waals surface area contributed by atoms with E-state index < -0.39 is 236 Å². The summed E-state index contributed by atoms with van der Waals surface area (Å²) in [6, 6.07) is 9.28. The Hall–Kier alpha value is -3.24. The number of benzene rings is 1. The van der Waals surface area contributed by atoms with Crippen LogP contribution in [0.1, 0.15) is 151 Å². The first-order valence-electron chi connectivity index (χ1n) is 38.7. The van der Waals surface area contributed by atoms with Gasteiger partial charge in [-0.15, -0.1) is 0 Å². The number of rotatable bonds is 25. The van der Waals surface area contributed by atoms with Crippen LogP contribution in [0.3, 0.4) is 0 Å². The normalized spacial score (nSPS) is 49.3. The maximum atomic E-state index is 13.7. The van der Waals surface area contributed by atoms with Crippen molar-refractivity contribution >= 4 is 17.8 Å². The number of aliphatic hydroxyl groups is 7. The van der Waals surface area contributed by atoms with Gasteiger partial charge in [0.25, 0.3) is 0 Å². The Labute approximate surface area is 633 Å². The van der Waals surface area contributed by atoms with Crippen molar-refractivity contribution in [3.8, 4) is 0 Å². The summed E-state index contributed by atoms with van der Waals surface area (Å²) < 4.78 is 134. The highest BCUT2D eigenvalue weighted by Gasteiger charge is 2.81. The molecule has 612 valence electrons. The fraction of sp³-hybridized carbons (Fsp3) is 0.846. The molecule has 0 amide bonds. The van der Waals surface area contributed by atoms with Gasteiger partial charge < -0.3 is 135 Å². The summed E-state index contributed by atoms with van der Waals surface area (Å²) >= 11 is 0. The van der Waals surface area contributed by atoms with Crippen LogP contribution in [-0.4, -0.2) is 304 Å². The maximum absolute atomic E-state index is 13.7. The minimum absolute atomic E-state index is 0.0647. The summed E-state index contributed by atoms with van der Waals surface area (Å²) in [5, 5.41) is 79.4. The van der Waals surface area contributed by atoms with Crippen LogP contribution in [0.2, 0.25) is 0 Å². The van der Waals surface area contributed by atoms with Gasteiger partial charge >= 0.3 is 5.97 Å². The van der Waals surface area contributed by atoms with Gasteiger partial charge in [-0.2, -0.15) is 0 Å². The number of aliphatic hydroxyl groups excluding tert-OH is 4. The van der Waals surface area contributed by atoms with E-state index in [1.807, 2.05) is 71.0 Å². The number of ketones is 1. The molecule has 30 nitrogen and oxygen atoms in total. The first kappa shape index (κ1) is 84.2. The number of methoxy groups -OCH3 is 6. The van der Waals surface area contributed by atoms with E-state index in [0.29, 0.717) is 51.4 Å². The van der Waals surface area contributed by atoms with Gasteiger partial charge in [0.2, 0.25) is 0 Å². The van der Waals surface area contributed by atoms with Crippen molar-refractivity contribution in [1.82, 2.24) is 0 Å². The molecule has 7 heterocycles. The van der Waals surface area contributed by atoms with Crippen LogP contribution in [0.25, 0.3) is 6.08 Å². The Morgan fingerprint density at radius 2 is 0.907 bits per heavy atom. The molecule has 1 aromatic carbocycles. The van der Waals surface area contributed by atoms with Crippen molar-refractivity contribution < 1.29 is 145 Å². The third-order valence-corrected chi connectivity index (χ3v) is 26.2. The SMILES string of the molecule is COC1CC(OC2CCC3(C)C(=CCC4(O)C3CC(OC(=O)C=Cc3ccccc3)C3(C)C(O)(C(C)=O)CCC43O)C2)OC(C)C1OC1CC(OC)C(OC2CC(OC)C(OC3CC(OC)C(OC4CC(OC)C(OC5CC(OC)C(OC6OC(CO)C(O)C(O)C6O)C(C)O5)C(C)O4)C(C)O3)C(C)O2)C(C)O1. The van der Waals surface area contributed by atoms with Crippen LogP contribution in [0.4, 0.5) is 0 Å². The van der Waals surface area contributed by atoms with Crippen LogP contribution >= 0.6 is 0 Å². The Morgan fingerprint density at radius 3 is 1.30 bits per heavy atom. The molecule has 10 fully saturated rings. The Balaban J connectivity index is 0.599. The van der Waals surface area contributed by atoms with Crippen molar-refractivity contribution in [2.24, 2.45) is 16.7 Å². The van der Waals surface area contributed by atoms with E-state index in [2.05, 4.69) is 6.92 Å². The number of esters is 1. The minimum Gasteiger partial charge on any atom is -0.458 e. The summed E-state index contributed by atoms with van der Waals surface area (Å²) in [5.41, 5.74) is -6.39. The molecule has 12 rings (SSSR count). The first-order valence-corrected chi connectivity index (χ1v) is 38.7. The summed E-state index contributed by atoms with van der Waals surface area (Å²) in [6.45, 7) is 15.6. The molecule has 1 aromatic rings. The molecule has 30 heteroatoms. The first-order chi connectivity index (χ1) is 51.4. The highest BCUT2D eigenvalue weighted by molar-refractivity contribution is 5.89. The molecule has 7 saturated heterocycles. The van der Waals surface area contributed by atoms with Gasteiger partial charge in [-0.05, 0) is 117 Å². The molecule has 0 bridgehead atoms. The summed E-state index contributed by atoms with van der Waals surface area (Å²) in [4.78, 5) is 27.2. The molecule has 37 atom stereocenters. The van der Waals surface area contributed by atoms with E-state index in [-0.39, 0.29) is 38.2 Å². The lowest BCUT2D eigenvalue weighted by Crippen LogP contribution is -2.78. The number of hydrogen-bond acceptors (Lipinski definition) is 30. The average Bonchev–Trinajstić information content (AvgIpc) is 1.40. The quantitative estimate of drug-likeness (QED) is 0.0411. The smallest absolute Gasteiger partial charge is 0.331 e. The number of hydrogen-bond donors (Lipinski definition) is 7. The molecular formula is C78H120O30. The van der Waals surface area contributed by atoms with E-state index >= 15 is 0 Å². The Bertz CT molecular complexity index is 3190. The number of carbonyl (C=O) groups is 2. The molecule has 3 saturated carbocycles. The number of carbonyl (C=O) groups excluding carboxylic acids is 2. The van der Waals surface area contributed by atoms with Crippen molar-refractivity contribution in [1.29, 1.82) is 0 Å². The molecule has 11 aliphatic rings. The third kappa shape index (κ3) is 16.3. The molecule has 0 radical (unpaired) electrons. The molecule has 4 aliphatic carbocycles. The molecule has 7 aliphatic heterocycles. The highest BCUT2D eigenvalue weighted by Crippen LogP contribution is 2.71. The topological polar surface area (TPSA) is 370 Å². The second kappa shape index (κ2) is 34.7. The number of Topliss-reactive ketones (excluding diaryl/α,β-unsaturated/α-hetero) is 1. The van der Waals surface area contributed by atoms with Gasteiger partial charge in [-0.1, -0.05) is 48.9 Å². The molecule has 37 unspecified atom stereocenters. The van der Waals surface area contributed by atoms with Crippen molar-refractivity contribution in [2.75, 3.05) is 49.3 Å². The predicted molar refractivity (Wildman–Crippen MR) is 377 cm³/mol. The lowest BCUT2D eigenvalue weighted by Gasteiger charge is -2.67. The van der Waals surface area contributed by atoms with Gasteiger partial charge in [-0.25, -0.2) is 4.79 Å². The maximum Gasteiger partial charge on any atom is 0.331 e. The standard InChI is InChI=1S/C78H120O30/c1-38-67(48(88-10)30-58(94-38)100-47-24-25-74(8)46(29-47)23-26-77(86)55(74)36-56(102-57(81)22-21-45-19-17-16-18-20-45)75(9)76(85,44(7)80)27-28-78(75,77)87)103-59-31-49(89-11)68(39(2)95-59)104-60-32-50(90-12)69(40(3)96-60)105-61-33-51(91-13)70(41(4)97-61)106-62-34-52(92-14)71(42(5)98-62)107-63-35-53(93-15)72(43(6)99-63)108-73-66(84)65(83)64(82)54(37-79)101-73/h16-23,38-43,47-56,58-73,79,82-87H,24-37H2,1-15H3. The zero-order chi connectivity index (χ0) is 77.7. The van der Waals surface area contributed by atoms with E-state index in [1.165, 1.54) is 20.1 Å². The largest absolute Gasteiger partial charge is 0.458 e. The molecule has 0 spiro atoms. The lowest BCUT2D eigenvalue weighted by molar-refractivity contribution is -0.360. The molecule has 108 heavy (non-hydrogen) atoms. The second-order valence-corrected chi connectivity index (χ2v) is 32.2. The van der Waals surface area contributed by atoms with Gasteiger partial charge in [-0.3, -0.25) is 4.79 Å². The summed E-state index contributed by atoms with van der Waals surface area (Å²) in [6.07, 6.45) is -14.4. The fourth-order valence-electron chi connectivity index (χ4n) is 19.9. The highest BCUT2D eigenvalue weighted by atomic mass is 16.8. The average molecular weight is 1540 g/mol. The zero-order valence-electron chi connectivity index (χ0n) is 65.0. The van der Waals surface area contributed by atoms with Crippen LogP contribution in [0, 0.1) is 16.7 Å². The van der Waals surface area contributed by atoms with Crippen LogP contribution in [-0.2, 0) is 109 Å². The van der Waals surface area contributed by atoms with Gasteiger partial charge in [0.15, 0.2) is 49.8 Å². The van der Waals surface area contributed by atoms with Crippen LogP contribution in [0.15, 0.2) is 48.1 Å². The van der Waals surface area contributed by atoms with Crippen molar-refractivity contribution in [3.05, 3.63) is 53.6 Å². The lowest BCUT2D eigenvalue weighted by atomic mass is 9.42. The number of fused-ring (bicyclic) bond motifs is 5. The van der Waals surface area contributed by atoms with E-state index in [4.69, 9.17) is 99.5 Å². The Kier molecular flexibility index (Phi) is 27.0. The van der Waals surface area contributed by atoms with Crippen LogP contribution < -0.4 is 0 Å². The third-order valence-electron chi connectivity index (χ3n) is 26.2. The Morgan fingerprint density at radius 1 is 0.509 bits per heavy atom. The zero-order valence-corrected chi connectivity index (χ0v) is 65.0. The van der Waals surface area contributed by atoms with Crippen LogP contribution in [0.5, 0.6) is 0 Å². The summed E-state index contributed by atoms with van der Waals surface area (Å²) in [5.74, 6) is -1.85. The predicted octanol–water partition coefficient (Wildman–Crippen LogP) is 4.13. The van der Waals surface area contributed by atoms with E-state index in [0.717, 1.165) is 11.1 Å². The van der Waals surface area contributed by atoms with E-state index in [1.54, 1.807) is 55.5 Å². The van der Waals surface area contributed by atoms with E-state index in [9.17, 15) is 45.3 Å². The van der Waals surface area contributed by atoms with Gasteiger partial charge in [0, 0.05) is 93.2 Å². The number of ether oxygens (including phenoxy) is 21. The molecule has 0 aromatic heterocycles. The van der Waals surface area contributed by atoms with Crippen molar-refractivity contribution in [3.63, 3.8) is 0 Å². The second-order valence-electron chi connectivity index (χ2n) is 32.2. The van der Waals surface area contributed by atoms with Gasteiger partial charge in [0.05, 0.1) is 91.4 Å². The monoisotopic (exact) mass is 1540 g/mol. The minimum atomic E-state index is -2.07. The molecular weight excluding hydrogens is 1420 g/mol. The fourth-order valence-corrected chi connectivity index (χ4v) is 19.9. The van der Waals surface area contributed by atoms with Gasteiger partial charge in [0.1, 0.15) is 83.9 Å².